The van der Waals surface area contributed by atoms with Gasteiger partial charge in [-0.25, -0.2) is 10.2 Å². The van der Waals surface area contributed by atoms with Gasteiger partial charge in [0.2, 0.25) is 0 Å². The van der Waals surface area contributed by atoms with Crippen molar-refractivity contribution >= 4 is 34.0 Å². The number of hydrazone groups is 1. The van der Waals surface area contributed by atoms with Crippen molar-refractivity contribution in [1.29, 1.82) is 0 Å². The first kappa shape index (κ1) is 25.2. The Morgan fingerprint density at radius 3 is 2.44 bits per heavy atom. The molecular weight excluding hydrogens is 496 g/mol. The molecule has 0 aromatic heterocycles. The van der Waals surface area contributed by atoms with Crippen molar-refractivity contribution < 1.29 is 19.1 Å². The monoisotopic (exact) mass is 522 g/mol. The van der Waals surface area contributed by atoms with Crippen LogP contribution < -0.4 is 14.9 Å². The van der Waals surface area contributed by atoms with Crippen LogP contribution in [-0.2, 0) is 4.79 Å². The smallest absolute Gasteiger partial charge is 0.343 e. The molecule has 7 heteroatoms. The van der Waals surface area contributed by atoms with Crippen molar-refractivity contribution in [1.82, 2.24) is 5.43 Å². The van der Waals surface area contributed by atoms with Gasteiger partial charge in [-0.1, -0.05) is 59.6 Å². The number of aryl methyl sites for hydroxylation is 2. The number of nitrogens with one attached hydrogen (secondary N) is 1. The summed E-state index contributed by atoms with van der Waals surface area (Å²) in [4.78, 5) is 24.7. The molecule has 0 fully saturated rings. The van der Waals surface area contributed by atoms with Crippen molar-refractivity contribution in [3.8, 4) is 11.5 Å². The van der Waals surface area contributed by atoms with E-state index in [1.807, 2.05) is 38.1 Å². The van der Waals surface area contributed by atoms with Gasteiger partial charge in [-0.2, -0.15) is 5.10 Å². The number of rotatable bonds is 8. The number of carbonyl (C=O) groups excluding carboxylic acids is 2. The highest BCUT2D eigenvalue weighted by molar-refractivity contribution is 9.10. The molecule has 3 rings (SSSR count). The van der Waals surface area contributed by atoms with Crippen LogP contribution in [0.5, 0.6) is 11.5 Å². The Morgan fingerprint density at radius 1 is 1.00 bits per heavy atom. The molecule has 0 aliphatic heterocycles. The lowest BCUT2D eigenvalue weighted by molar-refractivity contribution is -0.123. The van der Waals surface area contributed by atoms with Crippen molar-refractivity contribution in [2.24, 2.45) is 5.10 Å². The van der Waals surface area contributed by atoms with Crippen molar-refractivity contribution in [2.75, 3.05) is 6.61 Å². The first-order valence-electron chi connectivity index (χ1n) is 10.9. The van der Waals surface area contributed by atoms with E-state index in [0.29, 0.717) is 28.5 Å². The van der Waals surface area contributed by atoms with Gasteiger partial charge in [0.05, 0.1) is 11.8 Å². The topological polar surface area (TPSA) is 77.0 Å². The van der Waals surface area contributed by atoms with E-state index in [2.05, 4.69) is 46.4 Å². The van der Waals surface area contributed by atoms with E-state index in [1.54, 1.807) is 30.3 Å². The largest absolute Gasteiger partial charge is 0.483 e. The number of amides is 1. The molecule has 1 amide bonds. The van der Waals surface area contributed by atoms with E-state index in [4.69, 9.17) is 9.47 Å². The number of hydrogen-bond acceptors (Lipinski definition) is 5. The summed E-state index contributed by atoms with van der Waals surface area (Å²) in [6, 6.07) is 18.3. The number of hydrogen-bond donors (Lipinski definition) is 1. The molecule has 1 N–H and O–H groups in total. The summed E-state index contributed by atoms with van der Waals surface area (Å²) in [7, 11) is 0. The Hall–Kier alpha value is -3.45. The van der Waals surface area contributed by atoms with Crippen LogP contribution in [0.15, 0.2) is 70.2 Å². The molecule has 0 saturated carbocycles. The van der Waals surface area contributed by atoms with Crippen LogP contribution in [-0.4, -0.2) is 24.7 Å². The zero-order chi connectivity index (χ0) is 24.7. The fourth-order valence-corrected chi connectivity index (χ4v) is 3.42. The second-order valence-electron chi connectivity index (χ2n) is 8.20. The molecule has 0 heterocycles. The van der Waals surface area contributed by atoms with E-state index in [1.165, 1.54) is 6.21 Å². The summed E-state index contributed by atoms with van der Waals surface area (Å²) in [5.41, 5.74) is 6.56. The number of nitrogens with zero attached hydrogens (tertiary/aromatic N) is 1. The number of ether oxygens (including phenoxy) is 2. The summed E-state index contributed by atoms with van der Waals surface area (Å²) < 4.78 is 12.0. The third-order valence-corrected chi connectivity index (χ3v) is 5.59. The third kappa shape index (κ3) is 7.02. The van der Waals surface area contributed by atoms with Crippen molar-refractivity contribution in [3.05, 3.63) is 93.0 Å². The van der Waals surface area contributed by atoms with Gasteiger partial charge in [0, 0.05) is 10.0 Å². The normalized spacial score (nSPS) is 11.0. The van der Waals surface area contributed by atoms with Gasteiger partial charge in [0.25, 0.3) is 5.91 Å². The van der Waals surface area contributed by atoms with E-state index < -0.39 is 11.9 Å². The summed E-state index contributed by atoms with van der Waals surface area (Å²) >= 11 is 3.40. The average molecular weight is 523 g/mol. The first-order chi connectivity index (χ1) is 16.2. The van der Waals surface area contributed by atoms with Crippen LogP contribution in [0.2, 0.25) is 0 Å². The Balaban J connectivity index is 1.62. The lowest BCUT2D eigenvalue weighted by Crippen LogP contribution is -2.24. The van der Waals surface area contributed by atoms with Gasteiger partial charge in [0.15, 0.2) is 6.61 Å². The van der Waals surface area contributed by atoms with Gasteiger partial charge in [0.1, 0.15) is 11.5 Å². The molecule has 3 aromatic carbocycles. The lowest BCUT2D eigenvalue weighted by atomic mass is 10.0. The number of benzene rings is 3. The zero-order valence-electron chi connectivity index (χ0n) is 19.6. The van der Waals surface area contributed by atoms with Gasteiger partial charge in [-0.3, -0.25) is 4.79 Å². The predicted molar refractivity (Wildman–Crippen MR) is 137 cm³/mol. The fourth-order valence-electron chi connectivity index (χ4n) is 3.04. The minimum Gasteiger partial charge on any atom is -0.483 e. The third-order valence-electron chi connectivity index (χ3n) is 5.09. The molecular formula is C27H27BrN2O4. The molecule has 0 bridgehead atoms. The Morgan fingerprint density at radius 2 is 1.74 bits per heavy atom. The standard InChI is InChI=1S/C27H27BrN2O4/c1-17(2)21-10-7-19(4)25(14-21)33-16-26(31)30-29-15-22-13-23(28)11-12-24(22)34-27(32)20-8-5-18(3)6-9-20/h5-15,17H,16H2,1-4H3,(H,30,31). The van der Waals surface area contributed by atoms with Crippen LogP contribution in [0.3, 0.4) is 0 Å². The maximum Gasteiger partial charge on any atom is 0.343 e. The minimum atomic E-state index is -0.478. The molecule has 34 heavy (non-hydrogen) atoms. The number of esters is 1. The molecule has 6 nitrogen and oxygen atoms in total. The van der Waals surface area contributed by atoms with Crippen molar-refractivity contribution in [3.63, 3.8) is 0 Å². The van der Waals surface area contributed by atoms with Gasteiger partial charge >= 0.3 is 5.97 Å². The number of carbonyl (C=O) groups is 2. The summed E-state index contributed by atoms with van der Waals surface area (Å²) in [5.74, 6) is 0.472. The summed E-state index contributed by atoms with van der Waals surface area (Å²) in [5, 5.41) is 4.00. The van der Waals surface area contributed by atoms with Gasteiger partial charge in [-0.15, -0.1) is 0 Å². The molecule has 0 saturated heterocycles. The van der Waals surface area contributed by atoms with Crippen molar-refractivity contribution in [2.45, 2.75) is 33.6 Å². The molecule has 3 aromatic rings. The molecule has 0 unspecified atom stereocenters. The van der Waals surface area contributed by atoms with E-state index in [9.17, 15) is 9.59 Å². The second-order valence-corrected chi connectivity index (χ2v) is 9.11. The maximum absolute atomic E-state index is 12.5. The average Bonchev–Trinajstić information content (AvgIpc) is 2.80. The van der Waals surface area contributed by atoms with E-state index in [0.717, 1.165) is 21.2 Å². The summed E-state index contributed by atoms with van der Waals surface area (Å²) in [6.07, 6.45) is 1.42. The van der Waals surface area contributed by atoms with Crippen LogP contribution in [0.1, 0.15) is 52.4 Å². The van der Waals surface area contributed by atoms with E-state index >= 15 is 0 Å². The second kappa shape index (κ2) is 11.6. The molecule has 0 aliphatic rings. The van der Waals surface area contributed by atoms with Gasteiger partial charge < -0.3 is 9.47 Å². The highest BCUT2D eigenvalue weighted by Gasteiger charge is 2.12. The molecule has 0 spiro atoms. The fraction of sp³-hybridized carbons (Fsp3) is 0.222. The quantitative estimate of drug-likeness (QED) is 0.172. The molecule has 0 atom stereocenters. The predicted octanol–water partition coefficient (Wildman–Crippen LogP) is 5.94. The van der Waals surface area contributed by atoms with Crippen LogP contribution in [0.25, 0.3) is 0 Å². The van der Waals surface area contributed by atoms with Crippen LogP contribution >= 0.6 is 15.9 Å². The Kier molecular flexibility index (Phi) is 8.60. The zero-order valence-corrected chi connectivity index (χ0v) is 21.2. The SMILES string of the molecule is Cc1ccc(C(=O)Oc2ccc(Br)cc2C=NNC(=O)COc2cc(C(C)C)ccc2C)cc1. The Labute approximate surface area is 208 Å². The highest BCUT2D eigenvalue weighted by atomic mass is 79.9. The Bertz CT molecular complexity index is 1200. The van der Waals surface area contributed by atoms with E-state index in [-0.39, 0.29) is 6.61 Å². The molecule has 0 aliphatic carbocycles. The summed E-state index contributed by atoms with van der Waals surface area (Å²) in [6.45, 7) is 7.91. The molecule has 176 valence electrons. The first-order valence-corrected chi connectivity index (χ1v) is 11.7. The van der Waals surface area contributed by atoms with Crippen LogP contribution in [0, 0.1) is 13.8 Å². The van der Waals surface area contributed by atoms with Crippen LogP contribution in [0.4, 0.5) is 0 Å². The molecule has 0 radical (unpaired) electrons. The highest BCUT2D eigenvalue weighted by Crippen LogP contribution is 2.25. The minimum absolute atomic E-state index is 0.173. The number of halogens is 1. The van der Waals surface area contributed by atoms with Gasteiger partial charge in [-0.05, 0) is 67.3 Å². The maximum atomic E-state index is 12.5. The lowest BCUT2D eigenvalue weighted by Gasteiger charge is -2.12.